The third-order valence-corrected chi connectivity index (χ3v) is 3.59. The van der Waals surface area contributed by atoms with Gasteiger partial charge in [-0.3, -0.25) is 0 Å². The molecule has 1 aromatic heterocycles. The first-order valence-electron chi connectivity index (χ1n) is 3.75. The number of hydrogen-bond acceptors (Lipinski definition) is 2. The highest BCUT2D eigenvalue weighted by molar-refractivity contribution is 7.10. The SMILES string of the molecule is NC[C@@H]1C[C@H]1c1cc(Cl)cs1. The van der Waals surface area contributed by atoms with Crippen LogP contribution in [0.25, 0.3) is 0 Å². The normalized spacial score (nSPS) is 28.9. The van der Waals surface area contributed by atoms with Crippen LogP contribution >= 0.6 is 22.9 Å². The molecule has 0 amide bonds. The number of thiophene rings is 1. The van der Waals surface area contributed by atoms with Crippen LogP contribution in [0.1, 0.15) is 17.2 Å². The standard InChI is InChI=1S/C8H10ClNS/c9-6-2-8(11-4-6)7-1-5(7)3-10/h2,4-5,7H,1,3,10H2/t5-,7+/m0/s1. The second-order valence-electron chi connectivity index (χ2n) is 3.01. The molecule has 1 aliphatic rings. The lowest BCUT2D eigenvalue weighted by Crippen LogP contribution is -2.01. The molecular formula is C8H10ClNS. The van der Waals surface area contributed by atoms with E-state index >= 15 is 0 Å². The van der Waals surface area contributed by atoms with Crippen molar-refractivity contribution >= 4 is 22.9 Å². The molecule has 1 aromatic rings. The molecule has 1 saturated carbocycles. The van der Waals surface area contributed by atoms with Gasteiger partial charge in [-0.2, -0.15) is 0 Å². The van der Waals surface area contributed by atoms with E-state index in [1.54, 1.807) is 11.3 Å². The Kier molecular flexibility index (Phi) is 1.91. The summed E-state index contributed by atoms with van der Waals surface area (Å²) in [6, 6.07) is 2.06. The van der Waals surface area contributed by atoms with Crippen LogP contribution in [0.5, 0.6) is 0 Å². The Bertz CT molecular complexity index is 258. The fourth-order valence-electron chi connectivity index (χ4n) is 1.38. The summed E-state index contributed by atoms with van der Waals surface area (Å²) >= 11 is 7.55. The monoisotopic (exact) mass is 187 g/mol. The highest BCUT2D eigenvalue weighted by Crippen LogP contribution is 2.49. The second-order valence-corrected chi connectivity index (χ2v) is 4.38. The predicted molar refractivity (Wildman–Crippen MR) is 49.2 cm³/mol. The first kappa shape index (κ1) is 7.59. The van der Waals surface area contributed by atoms with E-state index in [1.807, 2.05) is 5.38 Å². The lowest BCUT2D eigenvalue weighted by molar-refractivity contribution is 0.815. The number of halogens is 1. The zero-order valence-electron chi connectivity index (χ0n) is 6.09. The van der Waals surface area contributed by atoms with E-state index in [2.05, 4.69) is 6.07 Å². The van der Waals surface area contributed by atoms with Crippen molar-refractivity contribution in [3.05, 3.63) is 21.3 Å². The summed E-state index contributed by atoms with van der Waals surface area (Å²) in [6.07, 6.45) is 1.26. The Morgan fingerprint density at radius 1 is 1.73 bits per heavy atom. The van der Waals surface area contributed by atoms with Gasteiger partial charge in [0.1, 0.15) is 0 Å². The van der Waals surface area contributed by atoms with Crippen molar-refractivity contribution in [2.75, 3.05) is 6.54 Å². The highest BCUT2D eigenvalue weighted by atomic mass is 35.5. The molecule has 2 rings (SSSR count). The first-order chi connectivity index (χ1) is 5.31. The molecule has 0 aliphatic heterocycles. The second kappa shape index (κ2) is 2.77. The first-order valence-corrected chi connectivity index (χ1v) is 5.01. The Balaban J connectivity index is 2.08. The molecule has 1 heterocycles. The van der Waals surface area contributed by atoms with Gasteiger partial charge >= 0.3 is 0 Å². The lowest BCUT2D eigenvalue weighted by Gasteiger charge is -1.90. The van der Waals surface area contributed by atoms with Crippen LogP contribution in [-0.2, 0) is 0 Å². The van der Waals surface area contributed by atoms with Gasteiger partial charge in [-0.15, -0.1) is 11.3 Å². The van der Waals surface area contributed by atoms with Crippen LogP contribution < -0.4 is 5.73 Å². The Hall–Kier alpha value is -0.0500. The summed E-state index contributed by atoms with van der Waals surface area (Å²) < 4.78 is 0. The molecule has 3 heteroatoms. The minimum Gasteiger partial charge on any atom is -0.330 e. The van der Waals surface area contributed by atoms with Gasteiger partial charge in [0.05, 0.1) is 5.02 Å². The summed E-state index contributed by atoms with van der Waals surface area (Å²) in [7, 11) is 0. The number of rotatable bonds is 2. The van der Waals surface area contributed by atoms with E-state index in [-0.39, 0.29) is 0 Å². The molecule has 11 heavy (non-hydrogen) atoms. The maximum absolute atomic E-state index is 5.80. The van der Waals surface area contributed by atoms with Gasteiger partial charge in [0.15, 0.2) is 0 Å². The lowest BCUT2D eigenvalue weighted by atomic mass is 10.3. The summed E-state index contributed by atoms with van der Waals surface area (Å²) in [4.78, 5) is 1.41. The summed E-state index contributed by atoms with van der Waals surface area (Å²) in [5.74, 6) is 1.45. The molecule has 1 fully saturated rings. The van der Waals surface area contributed by atoms with Gasteiger partial charge in [-0.05, 0) is 30.9 Å². The van der Waals surface area contributed by atoms with Crippen molar-refractivity contribution < 1.29 is 0 Å². The van der Waals surface area contributed by atoms with Crippen molar-refractivity contribution in [2.45, 2.75) is 12.3 Å². The molecule has 1 aliphatic carbocycles. The largest absolute Gasteiger partial charge is 0.330 e. The summed E-state index contributed by atoms with van der Waals surface area (Å²) in [5, 5.41) is 2.86. The maximum atomic E-state index is 5.80. The molecule has 0 bridgehead atoms. The molecule has 0 radical (unpaired) electrons. The number of nitrogens with two attached hydrogens (primary N) is 1. The quantitative estimate of drug-likeness (QED) is 0.757. The van der Waals surface area contributed by atoms with E-state index in [4.69, 9.17) is 17.3 Å². The summed E-state index contributed by atoms with van der Waals surface area (Å²) in [6.45, 7) is 0.820. The van der Waals surface area contributed by atoms with Crippen molar-refractivity contribution in [3.63, 3.8) is 0 Å². The van der Waals surface area contributed by atoms with Crippen LogP contribution in [0.3, 0.4) is 0 Å². The van der Waals surface area contributed by atoms with E-state index in [0.29, 0.717) is 0 Å². The minimum atomic E-state index is 0.720. The highest BCUT2D eigenvalue weighted by Gasteiger charge is 2.37. The average Bonchev–Trinajstić information content (AvgIpc) is 2.68. The fraction of sp³-hybridized carbons (Fsp3) is 0.500. The van der Waals surface area contributed by atoms with Crippen LogP contribution in [0.2, 0.25) is 5.02 Å². The molecule has 0 unspecified atom stereocenters. The molecule has 2 N–H and O–H groups in total. The third kappa shape index (κ3) is 1.43. The molecule has 0 spiro atoms. The zero-order chi connectivity index (χ0) is 7.84. The van der Waals surface area contributed by atoms with Crippen molar-refractivity contribution in [1.82, 2.24) is 0 Å². The molecule has 60 valence electrons. The topological polar surface area (TPSA) is 26.0 Å². The van der Waals surface area contributed by atoms with E-state index in [9.17, 15) is 0 Å². The predicted octanol–water partition coefficient (Wildman–Crippen LogP) is 2.46. The van der Waals surface area contributed by atoms with Gasteiger partial charge in [0, 0.05) is 10.3 Å². The molecule has 1 nitrogen and oxygen atoms in total. The van der Waals surface area contributed by atoms with Crippen molar-refractivity contribution in [1.29, 1.82) is 0 Å². The molecule has 0 saturated heterocycles. The van der Waals surface area contributed by atoms with E-state index in [1.165, 1.54) is 11.3 Å². The average molecular weight is 188 g/mol. The van der Waals surface area contributed by atoms with Gasteiger partial charge in [-0.25, -0.2) is 0 Å². The van der Waals surface area contributed by atoms with Crippen LogP contribution in [0, 0.1) is 5.92 Å². The van der Waals surface area contributed by atoms with Gasteiger partial charge < -0.3 is 5.73 Å². The fourth-order valence-corrected chi connectivity index (χ4v) is 2.67. The third-order valence-electron chi connectivity index (χ3n) is 2.18. The smallest absolute Gasteiger partial charge is 0.0515 e. The maximum Gasteiger partial charge on any atom is 0.0515 e. The van der Waals surface area contributed by atoms with Gasteiger partial charge in [-0.1, -0.05) is 11.6 Å². The molecule has 2 atom stereocenters. The zero-order valence-corrected chi connectivity index (χ0v) is 7.66. The van der Waals surface area contributed by atoms with Gasteiger partial charge in [0.2, 0.25) is 0 Å². The Morgan fingerprint density at radius 3 is 3.00 bits per heavy atom. The van der Waals surface area contributed by atoms with E-state index in [0.717, 1.165) is 23.4 Å². The Morgan fingerprint density at radius 2 is 2.55 bits per heavy atom. The van der Waals surface area contributed by atoms with E-state index < -0.39 is 0 Å². The molecule has 0 aromatic carbocycles. The molecular weight excluding hydrogens is 178 g/mol. The summed E-state index contributed by atoms with van der Waals surface area (Å²) in [5.41, 5.74) is 5.54. The van der Waals surface area contributed by atoms with Crippen molar-refractivity contribution in [2.24, 2.45) is 11.7 Å². The Labute approximate surface area is 75.2 Å². The minimum absolute atomic E-state index is 0.720. The van der Waals surface area contributed by atoms with Crippen LogP contribution in [-0.4, -0.2) is 6.54 Å². The van der Waals surface area contributed by atoms with Crippen LogP contribution in [0.15, 0.2) is 11.4 Å². The van der Waals surface area contributed by atoms with Crippen LogP contribution in [0.4, 0.5) is 0 Å². The number of hydrogen-bond donors (Lipinski definition) is 1. The van der Waals surface area contributed by atoms with Crippen molar-refractivity contribution in [3.8, 4) is 0 Å². The van der Waals surface area contributed by atoms with Gasteiger partial charge in [0.25, 0.3) is 0 Å².